The van der Waals surface area contributed by atoms with Crippen LogP contribution in [0, 0.1) is 5.92 Å². The molecule has 1 unspecified atom stereocenters. The molecule has 0 aliphatic heterocycles. The minimum absolute atomic E-state index is 0.0140. The number of rotatable bonds is 6. The molecule has 0 spiro atoms. The highest BCUT2D eigenvalue weighted by Crippen LogP contribution is 2.13. The Bertz CT molecular complexity index is 427. The molecule has 0 aliphatic carbocycles. The van der Waals surface area contributed by atoms with Crippen LogP contribution < -0.4 is 0 Å². The average Bonchev–Trinajstić information content (AvgIpc) is 2.29. The highest BCUT2D eigenvalue weighted by Gasteiger charge is 2.27. The van der Waals surface area contributed by atoms with Gasteiger partial charge in [-0.15, -0.1) is 0 Å². The maximum Gasteiger partial charge on any atom is 0.314 e. The van der Waals surface area contributed by atoms with E-state index in [1.165, 1.54) is 19.2 Å². The summed E-state index contributed by atoms with van der Waals surface area (Å²) in [6.07, 6.45) is 1.52. The number of hydrogen-bond donors (Lipinski definition) is 1. The van der Waals surface area contributed by atoms with E-state index in [0.29, 0.717) is 0 Å². The Hall–Kier alpha value is -2.04. The van der Waals surface area contributed by atoms with Gasteiger partial charge in [0, 0.05) is 12.6 Å². The third-order valence-corrected chi connectivity index (χ3v) is 2.32. The number of carboxylic acids is 1. The number of aromatic nitrogens is 1. The van der Waals surface area contributed by atoms with Crippen molar-refractivity contribution in [3.8, 4) is 0 Å². The number of carbonyl (C=O) groups excluding carboxylic acids is 2. The smallest absolute Gasteiger partial charge is 0.314 e. The van der Waals surface area contributed by atoms with Gasteiger partial charge in [-0.3, -0.25) is 14.6 Å². The molecule has 0 fully saturated rings. The van der Waals surface area contributed by atoms with Crippen LogP contribution in [0.3, 0.4) is 0 Å². The summed E-state index contributed by atoms with van der Waals surface area (Å²) in [4.78, 5) is 37.4. The van der Waals surface area contributed by atoms with Crippen LogP contribution in [0.25, 0.3) is 0 Å². The molecule has 1 atom stereocenters. The van der Waals surface area contributed by atoms with Crippen molar-refractivity contribution in [3.05, 3.63) is 30.1 Å². The molecule has 0 saturated carbocycles. The van der Waals surface area contributed by atoms with Gasteiger partial charge in [-0.25, -0.2) is 0 Å². The topological polar surface area (TPSA) is 84.3 Å². The average molecular weight is 235 g/mol. The Labute approximate surface area is 98.5 Å². The lowest BCUT2D eigenvalue weighted by Crippen LogP contribution is -2.25. The number of carboxylic acid groups (broad SMARTS) is 1. The molecule has 5 heteroatoms. The van der Waals surface area contributed by atoms with Crippen molar-refractivity contribution in [2.24, 2.45) is 5.92 Å². The number of hydrogen-bond acceptors (Lipinski definition) is 4. The number of nitrogens with zero attached hydrogens (tertiary/aromatic N) is 1. The standard InChI is InChI=1S/C12H13NO4/c1-8(14)5-6-9(12(16)17)11(15)10-4-2-3-7-13-10/h2-4,7,9H,5-6H2,1H3,(H,16,17). The van der Waals surface area contributed by atoms with Crippen LogP contribution in [-0.4, -0.2) is 27.6 Å². The van der Waals surface area contributed by atoms with E-state index in [1.807, 2.05) is 0 Å². The lowest BCUT2D eigenvalue weighted by atomic mass is 9.95. The SMILES string of the molecule is CC(=O)CCC(C(=O)O)C(=O)c1ccccn1. The molecule has 0 saturated heterocycles. The number of pyridine rings is 1. The fourth-order valence-electron chi connectivity index (χ4n) is 1.40. The van der Waals surface area contributed by atoms with E-state index in [9.17, 15) is 14.4 Å². The highest BCUT2D eigenvalue weighted by molar-refractivity contribution is 6.07. The molecule has 1 aromatic heterocycles. The molecule has 1 heterocycles. The molecule has 0 aromatic carbocycles. The van der Waals surface area contributed by atoms with Crippen molar-refractivity contribution in [2.75, 3.05) is 0 Å². The summed E-state index contributed by atoms with van der Waals surface area (Å²) in [5.41, 5.74) is 0.114. The van der Waals surface area contributed by atoms with Crippen molar-refractivity contribution < 1.29 is 19.5 Å². The maximum atomic E-state index is 11.8. The van der Waals surface area contributed by atoms with E-state index in [2.05, 4.69) is 4.98 Å². The Morgan fingerprint density at radius 3 is 2.53 bits per heavy atom. The lowest BCUT2D eigenvalue weighted by molar-refractivity contribution is -0.140. The molecule has 1 N–H and O–H groups in total. The van der Waals surface area contributed by atoms with Gasteiger partial charge in [-0.2, -0.15) is 0 Å². The Balaban J connectivity index is 2.81. The van der Waals surface area contributed by atoms with Crippen LogP contribution in [0.5, 0.6) is 0 Å². The molecule has 1 aromatic rings. The predicted octanol–water partition coefficient (Wildman–Crippen LogP) is 1.33. The van der Waals surface area contributed by atoms with Gasteiger partial charge < -0.3 is 9.90 Å². The van der Waals surface area contributed by atoms with E-state index in [-0.39, 0.29) is 24.3 Å². The van der Waals surface area contributed by atoms with E-state index >= 15 is 0 Å². The van der Waals surface area contributed by atoms with E-state index < -0.39 is 17.7 Å². The van der Waals surface area contributed by atoms with Crippen molar-refractivity contribution in [1.82, 2.24) is 4.98 Å². The number of ketones is 2. The number of Topliss-reactive ketones (excluding diaryl/α,β-unsaturated/α-hetero) is 2. The minimum Gasteiger partial charge on any atom is -0.481 e. The van der Waals surface area contributed by atoms with Crippen molar-refractivity contribution in [2.45, 2.75) is 19.8 Å². The zero-order chi connectivity index (χ0) is 12.8. The molecule has 1 rings (SSSR count). The first kappa shape index (κ1) is 13.0. The highest BCUT2D eigenvalue weighted by atomic mass is 16.4. The maximum absolute atomic E-state index is 11.8. The monoisotopic (exact) mass is 235 g/mol. The summed E-state index contributed by atoms with van der Waals surface area (Å²) in [7, 11) is 0. The first-order valence-electron chi connectivity index (χ1n) is 5.20. The number of carbonyl (C=O) groups is 3. The summed E-state index contributed by atoms with van der Waals surface area (Å²) < 4.78 is 0. The predicted molar refractivity (Wildman–Crippen MR) is 59.6 cm³/mol. The van der Waals surface area contributed by atoms with Gasteiger partial charge in [0.15, 0.2) is 5.78 Å². The summed E-state index contributed by atoms with van der Waals surface area (Å²) in [6.45, 7) is 1.37. The summed E-state index contributed by atoms with van der Waals surface area (Å²) in [5.74, 6) is -3.11. The largest absolute Gasteiger partial charge is 0.481 e. The molecule has 17 heavy (non-hydrogen) atoms. The third kappa shape index (κ3) is 3.79. The van der Waals surface area contributed by atoms with Crippen LogP contribution in [0.2, 0.25) is 0 Å². The van der Waals surface area contributed by atoms with Crippen molar-refractivity contribution >= 4 is 17.5 Å². The minimum atomic E-state index is -1.22. The van der Waals surface area contributed by atoms with Crippen LogP contribution in [0.15, 0.2) is 24.4 Å². The first-order chi connectivity index (χ1) is 8.02. The normalized spacial score (nSPS) is 11.8. The summed E-state index contributed by atoms with van der Waals surface area (Å²) >= 11 is 0. The van der Waals surface area contributed by atoms with Crippen LogP contribution in [0.4, 0.5) is 0 Å². The zero-order valence-corrected chi connectivity index (χ0v) is 9.42. The van der Waals surface area contributed by atoms with Gasteiger partial charge in [0.05, 0.1) is 0 Å². The van der Waals surface area contributed by atoms with Gasteiger partial charge >= 0.3 is 5.97 Å². The van der Waals surface area contributed by atoms with Crippen LogP contribution in [-0.2, 0) is 9.59 Å². The Morgan fingerprint density at radius 2 is 2.06 bits per heavy atom. The Kier molecular flexibility index (Phi) is 4.51. The van der Waals surface area contributed by atoms with Gasteiger partial charge in [-0.05, 0) is 25.5 Å². The fraction of sp³-hybridized carbons (Fsp3) is 0.333. The molecule has 5 nitrogen and oxygen atoms in total. The second-order valence-electron chi connectivity index (χ2n) is 3.71. The van der Waals surface area contributed by atoms with E-state index in [0.717, 1.165) is 0 Å². The van der Waals surface area contributed by atoms with Gasteiger partial charge in [0.1, 0.15) is 17.4 Å². The number of aliphatic carboxylic acids is 1. The molecular weight excluding hydrogens is 222 g/mol. The molecule has 0 radical (unpaired) electrons. The van der Waals surface area contributed by atoms with Crippen molar-refractivity contribution in [3.63, 3.8) is 0 Å². The summed E-state index contributed by atoms with van der Waals surface area (Å²) in [6, 6.07) is 4.72. The lowest BCUT2D eigenvalue weighted by Gasteiger charge is -2.09. The second kappa shape index (κ2) is 5.89. The van der Waals surface area contributed by atoms with Gasteiger partial charge in [0.25, 0.3) is 0 Å². The van der Waals surface area contributed by atoms with Crippen molar-refractivity contribution in [1.29, 1.82) is 0 Å². The summed E-state index contributed by atoms with van der Waals surface area (Å²) in [5, 5.41) is 8.96. The second-order valence-corrected chi connectivity index (χ2v) is 3.71. The van der Waals surface area contributed by atoms with Crippen LogP contribution in [0.1, 0.15) is 30.3 Å². The zero-order valence-electron chi connectivity index (χ0n) is 9.42. The van der Waals surface area contributed by atoms with Gasteiger partial charge in [0.2, 0.25) is 0 Å². The Morgan fingerprint density at radius 1 is 1.35 bits per heavy atom. The molecule has 0 aliphatic rings. The van der Waals surface area contributed by atoms with Crippen LogP contribution >= 0.6 is 0 Å². The molecular formula is C12H13NO4. The third-order valence-electron chi connectivity index (χ3n) is 2.32. The molecule has 90 valence electrons. The van der Waals surface area contributed by atoms with Gasteiger partial charge in [-0.1, -0.05) is 6.07 Å². The van der Waals surface area contributed by atoms with E-state index in [1.54, 1.807) is 12.1 Å². The quantitative estimate of drug-likeness (QED) is 0.594. The fourth-order valence-corrected chi connectivity index (χ4v) is 1.40. The first-order valence-corrected chi connectivity index (χ1v) is 5.20. The molecule has 0 amide bonds. The van der Waals surface area contributed by atoms with E-state index in [4.69, 9.17) is 5.11 Å². The molecule has 0 bridgehead atoms.